The quantitative estimate of drug-likeness (QED) is 0.0565. The van der Waals surface area contributed by atoms with Crippen molar-refractivity contribution in [2.75, 3.05) is 26.4 Å². The fourth-order valence-corrected chi connectivity index (χ4v) is 13.7. The summed E-state index contributed by atoms with van der Waals surface area (Å²) < 4.78 is 58.5. The Bertz CT molecular complexity index is 3950. The van der Waals surface area contributed by atoms with E-state index in [0.717, 1.165) is 44.5 Å². The largest absolute Gasteiger partial charge is 0.453 e. The minimum atomic E-state index is -0.540. The summed E-state index contributed by atoms with van der Waals surface area (Å²) in [6.45, 7) is -0.442. The second-order valence-electron chi connectivity index (χ2n) is 23.1. The number of nitrogens with zero attached hydrogens (tertiary/aromatic N) is 4. The number of aromatic amines is 4. The van der Waals surface area contributed by atoms with Gasteiger partial charge >= 0.3 is 0 Å². The number of rotatable bonds is 12. The van der Waals surface area contributed by atoms with Crippen LogP contribution in [0, 0.1) is 0 Å². The molecule has 88 heavy (non-hydrogen) atoms. The Hall–Kier alpha value is -10.1. The Labute approximate surface area is 500 Å². The van der Waals surface area contributed by atoms with E-state index in [0.29, 0.717) is 187 Å². The standard InChI is InChI=1S/C68H56N8O12/c77-9-1-5-33-37-13-39-34(6-2-10-78)41-15-43-36(8-4-12-80)44-16-42-35(7-3-11-79)40-14-38(33)54-26-56(40)84-64-20-48-50(74-31-72-48)22-66(64)86-58(42)28-60(44)88-68-24-52-51(75-32-76-52)23-67(68)87-59(43)27-57(41)85-65-21-49-47(71-30-73-49)19-63(65)83-55(39)25-53(37)81-61-17-45-46(70-29-69-45)18-62(61)82-54/h13-36,77-80H,1-12H2,(H,69,70)(H,71,73)(H,72,74)(H,75,76). The van der Waals surface area contributed by atoms with Crippen LogP contribution in [0.25, 0.3) is 44.1 Å². The molecule has 12 aromatic rings. The Morgan fingerprint density at radius 1 is 0.250 bits per heavy atom. The average Bonchev–Trinajstić information content (AvgIpc) is 1.87. The van der Waals surface area contributed by atoms with Gasteiger partial charge in [-0.05, 0) is 75.6 Å². The van der Waals surface area contributed by atoms with Gasteiger partial charge < -0.3 is 78.3 Å². The monoisotopic (exact) mass is 1180 g/mol. The molecule has 0 saturated carbocycles. The number of fused-ring (bicyclic) bond motifs is 8. The fraction of sp³-hybridized carbons (Fsp3) is 0.235. The molecule has 0 fully saturated rings. The summed E-state index contributed by atoms with van der Waals surface area (Å²) in [6.07, 6.45) is 9.78. The van der Waals surface area contributed by atoms with E-state index in [-0.39, 0.29) is 26.4 Å². The first-order valence-electron chi connectivity index (χ1n) is 29.8. The smallest absolute Gasteiger partial charge is 0.172 e. The summed E-state index contributed by atoms with van der Waals surface area (Å²) in [5, 5.41) is 43.7. The van der Waals surface area contributed by atoms with Crippen LogP contribution in [-0.4, -0.2) is 86.7 Å². The lowest BCUT2D eigenvalue weighted by Gasteiger charge is -2.30. The molecule has 0 radical (unpaired) electrons. The lowest BCUT2D eigenvalue weighted by atomic mass is 9.76. The normalized spacial score (nSPS) is 17.2. The molecule has 8 heterocycles. The highest BCUT2D eigenvalue weighted by Crippen LogP contribution is 2.60. The number of H-pyrrole nitrogens is 4. The number of imidazole rings is 4. The maximum Gasteiger partial charge on any atom is 0.172 e. The van der Waals surface area contributed by atoms with Crippen molar-refractivity contribution in [3.8, 4) is 92.0 Å². The van der Waals surface area contributed by atoms with Gasteiger partial charge in [0.05, 0.1) is 69.4 Å². The number of aromatic nitrogens is 8. The van der Waals surface area contributed by atoms with E-state index < -0.39 is 23.7 Å². The Morgan fingerprint density at radius 3 is 0.636 bits per heavy atom. The lowest BCUT2D eigenvalue weighted by molar-refractivity contribution is 0.281. The molecule has 8 bridgehead atoms. The van der Waals surface area contributed by atoms with Crippen molar-refractivity contribution in [1.29, 1.82) is 0 Å². The first-order chi connectivity index (χ1) is 43.3. The molecule has 17 rings (SSSR count). The number of hydrogen-bond acceptors (Lipinski definition) is 16. The maximum atomic E-state index is 10.9. The predicted molar refractivity (Wildman–Crippen MR) is 323 cm³/mol. The van der Waals surface area contributed by atoms with Crippen LogP contribution in [0.1, 0.15) is 120 Å². The van der Waals surface area contributed by atoms with Crippen LogP contribution >= 0.6 is 0 Å². The van der Waals surface area contributed by atoms with Gasteiger partial charge in [0, 0.05) is 167 Å². The highest BCUT2D eigenvalue weighted by Gasteiger charge is 2.39. The van der Waals surface area contributed by atoms with Crippen LogP contribution in [0.5, 0.6) is 92.0 Å². The molecule has 8 aromatic carbocycles. The number of ether oxygens (including phenoxy) is 8. The number of nitrogens with one attached hydrogen (secondary N) is 4. The van der Waals surface area contributed by atoms with Crippen molar-refractivity contribution in [2.24, 2.45) is 0 Å². The summed E-state index contributed by atoms with van der Waals surface area (Å²) in [7, 11) is 0. The van der Waals surface area contributed by atoms with Gasteiger partial charge in [0.25, 0.3) is 0 Å². The second-order valence-corrected chi connectivity index (χ2v) is 23.1. The highest BCUT2D eigenvalue weighted by molar-refractivity contribution is 5.84. The van der Waals surface area contributed by atoms with Crippen LogP contribution < -0.4 is 37.9 Å². The van der Waals surface area contributed by atoms with E-state index in [1.807, 2.05) is 72.8 Å². The Kier molecular flexibility index (Phi) is 12.3. The average molecular weight is 1180 g/mol. The van der Waals surface area contributed by atoms with Gasteiger partial charge in [-0.15, -0.1) is 0 Å². The van der Waals surface area contributed by atoms with Crippen LogP contribution in [0.4, 0.5) is 0 Å². The van der Waals surface area contributed by atoms with Gasteiger partial charge in [-0.1, -0.05) is 0 Å². The second kappa shape index (κ2) is 20.8. The van der Waals surface area contributed by atoms with Gasteiger partial charge in [0.2, 0.25) is 0 Å². The minimum absolute atomic E-state index is 0.110. The number of benzene rings is 8. The van der Waals surface area contributed by atoms with Crippen molar-refractivity contribution in [3.05, 3.63) is 167 Å². The zero-order valence-electron chi connectivity index (χ0n) is 47.2. The van der Waals surface area contributed by atoms with Crippen molar-refractivity contribution in [3.63, 3.8) is 0 Å². The highest BCUT2D eigenvalue weighted by atomic mass is 16.5. The summed E-state index contributed by atoms with van der Waals surface area (Å²) in [5.41, 5.74) is 11.6. The lowest BCUT2D eigenvalue weighted by Crippen LogP contribution is -2.14. The van der Waals surface area contributed by atoms with Crippen molar-refractivity contribution >= 4 is 44.1 Å². The van der Waals surface area contributed by atoms with Crippen LogP contribution in [0.15, 0.2) is 122 Å². The van der Waals surface area contributed by atoms with E-state index in [4.69, 9.17) is 37.9 Å². The molecule has 0 amide bonds. The van der Waals surface area contributed by atoms with Crippen LogP contribution in [0.2, 0.25) is 0 Å². The third kappa shape index (κ3) is 8.64. The van der Waals surface area contributed by atoms with E-state index in [9.17, 15) is 20.4 Å². The van der Waals surface area contributed by atoms with Crippen molar-refractivity contribution in [1.82, 2.24) is 39.9 Å². The number of hydrogen-bond donors (Lipinski definition) is 8. The first kappa shape index (κ1) is 52.2. The molecule has 4 aromatic heterocycles. The van der Waals surface area contributed by atoms with Gasteiger partial charge in [-0.2, -0.15) is 0 Å². The van der Waals surface area contributed by atoms with Gasteiger partial charge in [0.15, 0.2) is 46.0 Å². The molecule has 0 spiro atoms. The molecule has 8 N–H and O–H groups in total. The van der Waals surface area contributed by atoms with Gasteiger partial charge in [0.1, 0.15) is 46.0 Å². The van der Waals surface area contributed by atoms with Crippen molar-refractivity contribution in [2.45, 2.75) is 75.0 Å². The zero-order chi connectivity index (χ0) is 58.7. The van der Waals surface area contributed by atoms with E-state index in [2.05, 4.69) is 64.1 Å². The molecule has 20 heteroatoms. The molecular weight excluding hydrogens is 1120 g/mol. The molecule has 5 aliphatic rings. The van der Waals surface area contributed by atoms with Gasteiger partial charge in [-0.3, -0.25) is 0 Å². The molecule has 440 valence electrons. The molecule has 4 atom stereocenters. The SMILES string of the molecule is OCCCC1c2cc3c4cc2Oc2cc5nc[nH]c5cc2Oc2cc5c(cc21)C(CCCO)c1cc2c(cc1Oc1cc6[nH]cnc6cc1O5)Oc1cc5nc[nH]c5cc1Oc1cc(c(cc1C2CCCO)C3CCCO)Oc1cc2[nH]cnc2cc1O4. The summed E-state index contributed by atoms with van der Waals surface area (Å²) in [6, 6.07) is 31.3. The Morgan fingerprint density at radius 2 is 0.443 bits per heavy atom. The molecule has 0 saturated heterocycles. The molecular formula is C68H56N8O12. The summed E-state index contributed by atoms with van der Waals surface area (Å²) in [5.74, 6) is 4.58. The molecule has 4 aliphatic heterocycles. The van der Waals surface area contributed by atoms with E-state index >= 15 is 0 Å². The third-order valence-electron chi connectivity index (χ3n) is 17.9. The van der Waals surface area contributed by atoms with Gasteiger partial charge in [-0.25, -0.2) is 19.9 Å². The molecule has 1 aliphatic carbocycles. The van der Waals surface area contributed by atoms with Crippen LogP contribution in [-0.2, 0) is 0 Å². The van der Waals surface area contributed by atoms with E-state index in [1.54, 1.807) is 25.3 Å². The van der Waals surface area contributed by atoms with E-state index in [1.165, 1.54) is 0 Å². The Balaban J connectivity index is 1.05. The number of aliphatic hydroxyl groups is 4. The maximum absolute atomic E-state index is 10.9. The fourth-order valence-electron chi connectivity index (χ4n) is 13.7. The van der Waals surface area contributed by atoms with Crippen LogP contribution in [0.3, 0.4) is 0 Å². The number of aliphatic hydroxyl groups excluding tert-OH is 4. The molecule has 4 unspecified atom stereocenters. The minimum Gasteiger partial charge on any atom is -0.453 e. The third-order valence-corrected chi connectivity index (χ3v) is 17.9. The molecule has 20 nitrogen and oxygen atoms in total. The first-order valence-corrected chi connectivity index (χ1v) is 29.8. The topological polar surface area (TPSA) is 269 Å². The van der Waals surface area contributed by atoms with Crippen molar-refractivity contribution < 1.29 is 58.3 Å². The summed E-state index contributed by atoms with van der Waals surface area (Å²) in [4.78, 5) is 31.6. The zero-order valence-corrected chi connectivity index (χ0v) is 47.2. The predicted octanol–water partition coefficient (Wildman–Crippen LogP) is 14.7. The summed E-state index contributed by atoms with van der Waals surface area (Å²) >= 11 is 0.